The van der Waals surface area contributed by atoms with Gasteiger partial charge < -0.3 is 5.11 Å². The van der Waals surface area contributed by atoms with E-state index in [1.165, 1.54) is 36.2 Å². The van der Waals surface area contributed by atoms with Crippen LogP contribution in [0.2, 0.25) is 5.02 Å². The number of hydrogen-bond acceptors (Lipinski definition) is 3. The predicted molar refractivity (Wildman–Crippen MR) is 72.2 cm³/mol. The van der Waals surface area contributed by atoms with Crippen molar-refractivity contribution in [3.05, 3.63) is 58.5 Å². The highest BCUT2D eigenvalue weighted by Gasteiger charge is 2.05. The first-order valence-electron chi connectivity index (χ1n) is 5.32. The molecule has 98 valence electrons. The molecule has 0 bridgehead atoms. The number of benzene rings is 1. The van der Waals surface area contributed by atoms with E-state index in [9.17, 15) is 9.18 Å². The quantitative estimate of drug-likeness (QED) is 0.871. The largest absolute Gasteiger partial charge is 0.478 e. The lowest BCUT2D eigenvalue weighted by molar-refractivity contribution is 0.0696. The fourth-order valence-electron chi connectivity index (χ4n) is 1.38. The zero-order chi connectivity index (χ0) is 13.8. The average molecular weight is 298 g/mol. The minimum atomic E-state index is -1.01. The molecule has 6 heteroatoms. The van der Waals surface area contributed by atoms with Crippen LogP contribution in [-0.4, -0.2) is 16.1 Å². The molecule has 0 aliphatic rings. The summed E-state index contributed by atoms with van der Waals surface area (Å²) in [6.45, 7) is 0. The molecule has 0 radical (unpaired) electrons. The molecule has 1 heterocycles. The molecular weight excluding hydrogens is 289 g/mol. The molecule has 0 amide bonds. The van der Waals surface area contributed by atoms with Gasteiger partial charge in [0.2, 0.25) is 0 Å². The van der Waals surface area contributed by atoms with Crippen LogP contribution in [0.1, 0.15) is 15.9 Å². The first-order chi connectivity index (χ1) is 9.06. The van der Waals surface area contributed by atoms with Crippen LogP contribution in [0.15, 0.2) is 41.6 Å². The third-order valence-corrected chi connectivity index (χ3v) is 3.68. The van der Waals surface area contributed by atoms with Crippen LogP contribution in [0.25, 0.3) is 0 Å². The molecule has 19 heavy (non-hydrogen) atoms. The number of thioether (sulfide) groups is 1. The molecule has 0 saturated carbocycles. The molecule has 1 aromatic heterocycles. The Labute approximate surface area is 118 Å². The number of pyridine rings is 1. The molecular formula is C13H9ClFNO2S. The summed E-state index contributed by atoms with van der Waals surface area (Å²) in [7, 11) is 0. The number of carboxylic acid groups (broad SMARTS) is 1. The van der Waals surface area contributed by atoms with E-state index in [1.807, 2.05) is 0 Å². The van der Waals surface area contributed by atoms with Gasteiger partial charge in [0.1, 0.15) is 5.82 Å². The summed E-state index contributed by atoms with van der Waals surface area (Å²) < 4.78 is 13.2. The standard InChI is InChI=1S/C13H9ClFNO2S/c14-10-3-1-8(5-11(10)15)7-19-12-4-2-9(6-16-12)13(17)18/h1-6H,7H2,(H,17,18). The fourth-order valence-corrected chi connectivity index (χ4v) is 2.28. The first-order valence-corrected chi connectivity index (χ1v) is 6.68. The van der Waals surface area contributed by atoms with Crippen LogP contribution in [0.5, 0.6) is 0 Å². The molecule has 2 rings (SSSR count). The van der Waals surface area contributed by atoms with E-state index >= 15 is 0 Å². The van der Waals surface area contributed by atoms with E-state index in [1.54, 1.807) is 12.1 Å². The fraction of sp³-hybridized carbons (Fsp3) is 0.0769. The lowest BCUT2D eigenvalue weighted by atomic mass is 10.2. The van der Waals surface area contributed by atoms with E-state index < -0.39 is 11.8 Å². The van der Waals surface area contributed by atoms with Gasteiger partial charge in [-0.15, -0.1) is 11.8 Å². The van der Waals surface area contributed by atoms with Crippen molar-refractivity contribution in [3.8, 4) is 0 Å². The number of rotatable bonds is 4. The van der Waals surface area contributed by atoms with Gasteiger partial charge in [-0.25, -0.2) is 14.2 Å². The van der Waals surface area contributed by atoms with E-state index in [0.29, 0.717) is 10.8 Å². The Kier molecular flexibility index (Phi) is 4.39. The Bertz CT molecular complexity index is 604. The van der Waals surface area contributed by atoms with Gasteiger partial charge in [0.25, 0.3) is 0 Å². The molecule has 2 aromatic rings. The van der Waals surface area contributed by atoms with Gasteiger partial charge in [0.15, 0.2) is 0 Å². The second-order valence-electron chi connectivity index (χ2n) is 3.73. The van der Waals surface area contributed by atoms with Crippen molar-refractivity contribution in [2.75, 3.05) is 0 Å². The Hall–Kier alpha value is -1.59. The van der Waals surface area contributed by atoms with Gasteiger partial charge in [-0.05, 0) is 29.8 Å². The van der Waals surface area contributed by atoms with Crippen LogP contribution in [-0.2, 0) is 5.75 Å². The van der Waals surface area contributed by atoms with E-state index in [-0.39, 0.29) is 10.6 Å². The van der Waals surface area contributed by atoms with Gasteiger partial charge in [-0.3, -0.25) is 0 Å². The number of nitrogens with zero attached hydrogens (tertiary/aromatic N) is 1. The Balaban J connectivity index is 2.01. The van der Waals surface area contributed by atoms with Gasteiger partial charge in [-0.2, -0.15) is 0 Å². The van der Waals surface area contributed by atoms with Crippen LogP contribution >= 0.6 is 23.4 Å². The van der Waals surface area contributed by atoms with Crippen molar-refractivity contribution in [2.45, 2.75) is 10.8 Å². The highest BCUT2D eigenvalue weighted by molar-refractivity contribution is 7.98. The van der Waals surface area contributed by atoms with Gasteiger partial charge in [0.05, 0.1) is 15.6 Å². The van der Waals surface area contributed by atoms with E-state index in [4.69, 9.17) is 16.7 Å². The Morgan fingerprint density at radius 3 is 2.74 bits per heavy atom. The summed E-state index contributed by atoms with van der Waals surface area (Å²) in [5.74, 6) is -0.925. The van der Waals surface area contributed by atoms with E-state index in [2.05, 4.69) is 4.98 Å². The Morgan fingerprint density at radius 1 is 1.37 bits per heavy atom. The van der Waals surface area contributed by atoms with Gasteiger partial charge in [0, 0.05) is 11.9 Å². The molecule has 1 N–H and O–H groups in total. The monoisotopic (exact) mass is 297 g/mol. The zero-order valence-corrected chi connectivity index (χ0v) is 11.2. The van der Waals surface area contributed by atoms with Crippen molar-refractivity contribution in [1.29, 1.82) is 0 Å². The normalized spacial score (nSPS) is 10.4. The zero-order valence-electron chi connectivity index (χ0n) is 9.64. The number of carbonyl (C=O) groups is 1. The molecule has 3 nitrogen and oxygen atoms in total. The minimum Gasteiger partial charge on any atom is -0.478 e. The SMILES string of the molecule is O=C(O)c1ccc(SCc2ccc(Cl)c(F)c2)nc1. The summed E-state index contributed by atoms with van der Waals surface area (Å²) in [6.07, 6.45) is 1.30. The van der Waals surface area contributed by atoms with Crippen LogP contribution in [0.3, 0.4) is 0 Å². The van der Waals surface area contributed by atoms with Crippen molar-refractivity contribution >= 4 is 29.3 Å². The van der Waals surface area contributed by atoms with Crippen LogP contribution in [0, 0.1) is 5.82 Å². The molecule has 0 fully saturated rings. The second kappa shape index (κ2) is 6.04. The molecule has 0 aliphatic carbocycles. The summed E-state index contributed by atoms with van der Waals surface area (Å²) in [5, 5.41) is 9.52. The topological polar surface area (TPSA) is 50.2 Å². The van der Waals surface area contributed by atoms with Crippen LogP contribution < -0.4 is 0 Å². The average Bonchev–Trinajstić information content (AvgIpc) is 2.40. The third-order valence-electron chi connectivity index (χ3n) is 2.35. The number of hydrogen-bond donors (Lipinski definition) is 1. The van der Waals surface area contributed by atoms with Crippen molar-refractivity contribution < 1.29 is 14.3 Å². The lowest BCUT2D eigenvalue weighted by Gasteiger charge is -2.03. The number of aromatic nitrogens is 1. The highest BCUT2D eigenvalue weighted by atomic mass is 35.5. The van der Waals surface area contributed by atoms with Gasteiger partial charge >= 0.3 is 5.97 Å². The summed E-state index contributed by atoms with van der Waals surface area (Å²) >= 11 is 6.99. The van der Waals surface area contributed by atoms with E-state index in [0.717, 1.165) is 5.56 Å². The summed E-state index contributed by atoms with van der Waals surface area (Å²) in [5.41, 5.74) is 0.929. The summed E-state index contributed by atoms with van der Waals surface area (Å²) in [4.78, 5) is 14.7. The molecule has 0 atom stereocenters. The molecule has 0 unspecified atom stereocenters. The number of halogens is 2. The highest BCUT2D eigenvalue weighted by Crippen LogP contribution is 2.23. The molecule has 1 aromatic carbocycles. The summed E-state index contributed by atoms with van der Waals surface area (Å²) in [6, 6.07) is 7.74. The smallest absolute Gasteiger partial charge is 0.337 e. The lowest BCUT2D eigenvalue weighted by Crippen LogP contribution is -1.96. The van der Waals surface area contributed by atoms with Crippen LogP contribution in [0.4, 0.5) is 4.39 Å². The molecule has 0 saturated heterocycles. The molecule has 0 spiro atoms. The molecule has 0 aliphatic heterocycles. The van der Waals surface area contributed by atoms with Crippen molar-refractivity contribution in [1.82, 2.24) is 4.98 Å². The first kappa shape index (κ1) is 13.8. The minimum absolute atomic E-state index is 0.0951. The maximum atomic E-state index is 13.2. The number of aromatic carboxylic acids is 1. The predicted octanol–water partition coefficient (Wildman–Crippen LogP) is 3.86. The van der Waals surface area contributed by atoms with Crippen molar-refractivity contribution in [2.24, 2.45) is 0 Å². The maximum absolute atomic E-state index is 13.2. The maximum Gasteiger partial charge on any atom is 0.337 e. The Morgan fingerprint density at radius 2 is 2.16 bits per heavy atom. The van der Waals surface area contributed by atoms with Crippen molar-refractivity contribution in [3.63, 3.8) is 0 Å². The third kappa shape index (κ3) is 3.68. The number of carboxylic acids is 1. The second-order valence-corrected chi connectivity index (χ2v) is 5.13. The van der Waals surface area contributed by atoms with Gasteiger partial charge in [-0.1, -0.05) is 17.7 Å².